The van der Waals surface area contributed by atoms with Gasteiger partial charge in [0.05, 0.1) is 5.52 Å². The van der Waals surface area contributed by atoms with Crippen molar-refractivity contribution in [3.63, 3.8) is 0 Å². The van der Waals surface area contributed by atoms with E-state index in [0.29, 0.717) is 0 Å². The van der Waals surface area contributed by atoms with Crippen LogP contribution in [0.4, 0.5) is 5.82 Å². The average molecular weight is 277 g/mol. The van der Waals surface area contributed by atoms with E-state index in [1.165, 1.54) is 10.9 Å². The van der Waals surface area contributed by atoms with E-state index in [4.69, 9.17) is 0 Å². The Labute approximate surface area is 125 Å². The standard InChI is InChI=1S/C18H19N3/c1-2-11-20-18-9-5-6-15(21-18)13-14-10-12-19-17-8-4-3-7-16(14)17/h3-10,12H,2,11,13H2,1H3,(H,20,21). The van der Waals surface area contributed by atoms with Crippen LogP contribution in [0.25, 0.3) is 10.9 Å². The van der Waals surface area contributed by atoms with E-state index < -0.39 is 0 Å². The Kier molecular flexibility index (Phi) is 4.10. The van der Waals surface area contributed by atoms with E-state index >= 15 is 0 Å². The quantitative estimate of drug-likeness (QED) is 0.764. The second kappa shape index (κ2) is 6.35. The van der Waals surface area contributed by atoms with E-state index in [9.17, 15) is 0 Å². The van der Waals surface area contributed by atoms with Crippen LogP contribution in [-0.4, -0.2) is 16.5 Å². The molecule has 106 valence electrons. The van der Waals surface area contributed by atoms with Gasteiger partial charge in [0.1, 0.15) is 5.82 Å². The van der Waals surface area contributed by atoms with Crippen LogP contribution in [0.2, 0.25) is 0 Å². The molecule has 0 aliphatic rings. The Hall–Kier alpha value is -2.42. The Bertz CT molecular complexity index is 732. The van der Waals surface area contributed by atoms with Crippen LogP contribution < -0.4 is 5.32 Å². The summed E-state index contributed by atoms with van der Waals surface area (Å²) in [6.07, 6.45) is 3.79. The van der Waals surface area contributed by atoms with E-state index in [0.717, 1.165) is 36.4 Å². The van der Waals surface area contributed by atoms with Crippen LogP contribution in [0.15, 0.2) is 54.7 Å². The highest BCUT2D eigenvalue weighted by Gasteiger charge is 2.04. The minimum absolute atomic E-state index is 0.824. The number of para-hydroxylation sites is 1. The predicted octanol–water partition coefficient (Wildman–Crippen LogP) is 4.04. The molecule has 0 saturated carbocycles. The second-order valence-electron chi connectivity index (χ2n) is 5.10. The van der Waals surface area contributed by atoms with Gasteiger partial charge in [0, 0.05) is 30.2 Å². The van der Waals surface area contributed by atoms with Gasteiger partial charge in [-0.05, 0) is 36.2 Å². The fourth-order valence-corrected chi connectivity index (χ4v) is 2.43. The summed E-state index contributed by atoms with van der Waals surface area (Å²) < 4.78 is 0. The number of nitrogens with one attached hydrogen (secondary N) is 1. The monoisotopic (exact) mass is 277 g/mol. The summed E-state index contributed by atoms with van der Waals surface area (Å²) in [7, 11) is 0. The number of nitrogens with zero attached hydrogens (tertiary/aromatic N) is 2. The van der Waals surface area contributed by atoms with Gasteiger partial charge in [-0.3, -0.25) is 4.98 Å². The summed E-state index contributed by atoms with van der Waals surface area (Å²) in [5, 5.41) is 4.54. The van der Waals surface area contributed by atoms with Crippen molar-refractivity contribution in [2.45, 2.75) is 19.8 Å². The van der Waals surface area contributed by atoms with Crippen molar-refractivity contribution in [3.05, 3.63) is 66.0 Å². The first-order valence-corrected chi connectivity index (χ1v) is 7.39. The number of fused-ring (bicyclic) bond motifs is 1. The first kappa shape index (κ1) is 13.6. The Morgan fingerprint density at radius 2 is 1.90 bits per heavy atom. The Morgan fingerprint density at radius 3 is 2.81 bits per heavy atom. The highest BCUT2D eigenvalue weighted by Crippen LogP contribution is 2.19. The van der Waals surface area contributed by atoms with Crippen molar-refractivity contribution < 1.29 is 0 Å². The molecule has 0 amide bonds. The van der Waals surface area contributed by atoms with Crippen molar-refractivity contribution in [2.75, 3.05) is 11.9 Å². The molecule has 2 heterocycles. The molecule has 0 radical (unpaired) electrons. The minimum Gasteiger partial charge on any atom is -0.370 e. The number of rotatable bonds is 5. The lowest BCUT2D eigenvalue weighted by molar-refractivity contribution is 0.960. The second-order valence-corrected chi connectivity index (χ2v) is 5.10. The predicted molar refractivity (Wildman–Crippen MR) is 87.6 cm³/mol. The molecule has 3 aromatic rings. The van der Waals surface area contributed by atoms with E-state index in [2.05, 4.69) is 52.5 Å². The summed E-state index contributed by atoms with van der Waals surface area (Å²) >= 11 is 0. The minimum atomic E-state index is 0.824. The third-order valence-electron chi connectivity index (χ3n) is 3.47. The molecule has 3 nitrogen and oxygen atoms in total. The molecule has 0 unspecified atom stereocenters. The van der Waals surface area contributed by atoms with Crippen LogP contribution in [0.1, 0.15) is 24.6 Å². The maximum absolute atomic E-state index is 4.68. The first-order valence-electron chi connectivity index (χ1n) is 7.39. The van der Waals surface area contributed by atoms with Gasteiger partial charge in [-0.2, -0.15) is 0 Å². The van der Waals surface area contributed by atoms with Gasteiger partial charge < -0.3 is 5.32 Å². The van der Waals surface area contributed by atoms with Crippen molar-refractivity contribution >= 4 is 16.7 Å². The van der Waals surface area contributed by atoms with Crippen LogP contribution in [0.5, 0.6) is 0 Å². The molecule has 0 aliphatic carbocycles. The molecule has 0 spiro atoms. The first-order chi connectivity index (χ1) is 10.4. The molecule has 1 aromatic carbocycles. The average Bonchev–Trinajstić information content (AvgIpc) is 2.54. The third-order valence-corrected chi connectivity index (χ3v) is 3.47. The molecule has 0 saturated heterocycles. The molecule has 0 aliphatic heterocycles. The van der Waals surface area contributed by atoms with Gasteiger partial charge in [-0.15, -0.1) is 0 Å². The molecule has 3 rings (SSSR count). The van der Waals surface area contributed by atoms with Crippen molar-refractivity contribution in [2.24, 2.45) is 0 Å². The molecule has 21 heavy (non-hydrogen) atoms. The Balaban J connectivity index is 1.88. The number of aromatic nitrogens is 2. The zero-order valence-corrected chi connectivity index (χ0v) is 12.2. The van der Waals surface area contributed by atoms with Gasteiger partial charge in [0.2, 0.25) is 0 Å². The third kappa shape index (κ3) is 3.19. The molecule has 1 N–H and O–H groups in total. The number of pyridine rings is 2. The number of hydrogen-bond acceptors (Lipinski definition) is 3. The molecule has 0 bridgehead atoms. The number of hydrogen-bond donors (Lipinski definition) is 1. The Morgan fingerprint density at radius 1 is 1.00 bits per heavy atom. The fraction of sp³-hybridized carbons (Fsp3) is 0.222. The highest BCUT2D eigenvalue weighted by molar-refractivity contribution is 5.82. The van der Waals surface area contributed by atoms with Gasteiger partial charge in [0.25, 0.3) is 0 Å². The largest absolute Gasteiger partial charge is 0.370 e. The zero-order chi connectivity index (χ0) is 14.5. The van der Waals surface area contributed by atoms with Crippen LogP contribution in [0.3, 0.4) is 0 Å². The lowest BCUT2D eigenvalue weighted by Gasteiger charge is -2.08. The zero-order valence-electron chi connectivity index (χ0n) is 12.2. The molecular formula is C18H19N3. The maximum atomic E-state index is 4.68. The molecular weight excluding hydrogens is 258 g/mol. The molecule has 2 aromatic heterocycles. The summed E-state index contributed by atoms with van der Waals surface area (Å²) in [5.74, 6) is 0.952. The fourth-order valence-electron chi connectivity index (χ4n) is 2.43. The summed E-state index contributed by atoms with van der Waals surface area (Å²) in [4.78, 5) is 9.09. The van der Waals surface area contributed by atoms with E-state index in [1.54, 1.807) is 0 Å². The van der Waals surface area contributed by atoms with Crippen molar-refractivity contribution in [1.82, 2.24) is 9.97 Å². The van der Waals surface area contributed by atoms with E-state index in [1.807, 2.05) is 24.4 Å². The van der Waals surface area contributed by atoms with Crippen molar-refractivity contribution in [1.29, 1.82) is 0 Å². The van der Waals surface area contributed by atoms with E-state index in [-0.39, 0.29) is 0 Å². The topological polar surface area (TPSA) is 37.8 Å². The summed E-state index contributed by atoms with van der Waals surface area (Å²) in [6.45, 7) is 3.11. The summed E-state index contributed by atoms with van der Waals surface area (Å²) in [5.41, 5.74) is 3.38. The number of benzene rings is 1. The SMILES string of the molecule is CCCNc1cccc(Cc2ccnc3ccccc23)n1. The van der Waals surface area contributed by atoms with Gasteiger partial charge in [0.15, 0.2) is 0 Å². The van der Waals surface area contributed by atoms with Gasteiger partial charge in [-0.1, -0.05) is 31.2 Å². The van der Waals surface area contributed by atoms with Crippen molar-refractivity contribution in [3.8, 4) is 0 Å². The maximum Gasteiger partial charge on any atom is 0.126 e. The molecule has 0 fully saturated rings. The summed E-state index contributed by atoms with van der Waals surface area (Å²) in [6, 6.07) is 16.5. The molecule has 3 heteroatoms. The highest BCUT2D eigenvalue weighted by atomic mass is 15.0. The lowest BCUT2D eigenvalue weighted by Crippen LogP contribution is -2.03. The smallest absolute Gasteiger partial charge is 0.126 e. The van der Waals surface area contributed by atoms with Crippen LogP contribution in [-0.2, 0) is 6.42 Å². The normalized spacial score (nSPS) is 10.7. The van der Waals surface area contributed by atoms with Crippen LogP contribution >= 0.6 is 0 Å². The van der Waals surface area contributed by atoms with Gasteiger partial charge in [-0.25, -0.2) is 4.98 Å². The number of anilines is 1. The molecule has 0 atom stereocenters. The van der Waals surface area contributed by atoms with Crippen LogP contribution in [0, 0.1) is 0 Å². The van der Waals surface area contributed by atoms with Gasteiger partial charge >= 0.3 is 0 Å². The lowest BCUT2D eigenvalue weighted by atomic mass is 10.0.